The van der Waals surface area contributed by atoms with Crippen molar-refractivity contribution in [2.45, 2.75) is 32.2 Å². The third kappa shape index (κ3) is 2.16. The van der Waals surface area contributed by atoms with E-state index < -0.39 is 0 Å². The van der Waals surface area contributed by atoms with Gasteiger partial charge in [0, 0.05) is 11.6 Å². The number of methoxy groups -OCH3 is 1. The average molecular weight is 237 g/mol. The van der Waals surface area contributed by atoms with Gasteiger partial charge in [0.1, 0.15) is 11.6 Å². The number of nitrogens with one attached hydrogen (secondary N) is 1. The fraction of sp³-hybridized carbons (Fsp3) is 0.571. The lowest BCUT2D eigenvalue weighted by Gasteiger charge is -2.44. The summed E-state index contributed by atoms with van der Waals surface area (Å²) in [4.78, 5) is 0. The summed E-state index contributed by atoms with van der Waals surface area (Å²) in [6.45, 7) is 5.24. The van der Waals surface area contributed by atoms with Gasteiger partial charge in [-0.25, -0.2) is 4.39 Å². The Bertz CT molecular complexity index is 394. The summed E-state index contributed by atoms with van der Waals surface area (Å²) in [5.41, 5.74) is 0.747. The van der Waals surface area contributed by atoms with Crippen molar-refractivity contribution in [3.8, 4) is 5.75 Å². The van der Waals surface area contributed by atoms with E-state index in [2.05, 4.69) is 19.2 Å². The van der Waals surface area contributed by atoms with E-state index in [1.807, 2.05) is 6.07 Å². The normalized spacial score (nSPS) is 27.6. The zero-order chi connectivity index (χ0) is 12.4. The number of rotatable bonds is 4. The van der Waals surface area contributed by atoms with E-state index in [-0.39, 0.29) is 11.7 Å². The van der Waals surface area contributed by atoms with E-state index in [1.54, 1.807) is 13.2 Å². The third-order valence-electron chi connectivity index (χ3n) is 3.85. The number of halogens is 1. The lowest BCUT2D eigenvalue weighted by atomic mass is 9.66. The van der Waals surface area contributed by atoms with Crippen LogP contribution in [0, 0.1) is 11.7 Å². The Labute approximate surface area is 102 Å². The predicted octanol–water partition coefficient (Wildman–Crippen LogP) is 2.94. The highest BCUT2D eigenvalue weighted by Crippen LogP contribution is 2.46. The predicted molar refractivity (Wildman–Crippen MR) is 66.9 cm³/mol. The second-order valence-electron chi connectivity index (χ2n) is 4.72. The van der Waals surface area contributed by atoms with E-state index in [9.17, 15) is 4.39 Å². The van der Waals surface area contributed by atoms with E-state index in [1.165, 1.54) is 6.07 Å². The van der Waals surface area contributed by atoms with Crippen LogP contribution < -0.4 is 10.1 Å². The van der Waals surface area contributed by atoms with Gasteiger partial charge >= 0.3 is 0 Å². The molecule has 1 aliphatic carbocycles. The van der Waals surface area contributed by atoms with Crippen LogP contribution >= 0.6 is 0 Å². The zero-order valence-corrected chi connectivity index (χ0v) is 10.7. The molecule has 1 aliphatic rings. The van der Waals surface area contributed by atoms with E-state index in [0.717, 1.165) is 18.5 Å². The van der Waals surface area contributed by atoms with Crippen molar-refractivity contribution in [1.82, 2.24) is 5.32 Å². The molecule has 0 saturated heterocycles. The van der Waals surface area contributed by atoms with Gasteiger partial charge in [-0.2, -0.15) is 0 Å². The van der Waals surface area contributed by atoms with Gasteiger partial charge in [0.2, 0.25) is 0 Å². The van der Waals surface area contributed by atoms with Crippen LogP contribution in [0.1, 0.15) is 31.7 Å². The molecule has 0 spiro atoms. The standard InChI is InChI=1S/C14H20FNO/c1-4-16-12-8-10(9(12)2)14-11(15)6-5-7-13(14)17-3/h5-7,9-10,12,16H,4,8H2,1-3H3. The molecule has 2 nitrogen and oxygen atoms in total. The minimum atomic E-state index is -0.142. The van der Waals surface area contributed by atoms with Crippen molar-refractivity contribution < 1.29 is 9.13 Å². The first kappa shape index (κ1) is 12.4. The summed E-state index contributed by atoms with van der Waals surface area (Å²) in [6.07, 6.45) is 0.992. The molecule has 1 saturated carbocycles. The summed E-state index contributed by atoms with van der Waals surface area (Å²) in [6, 6.07) is 5.56. The first-order valence-electron chi connectivity index (χ1n) is 6.24. The maximum atomic E-state index is 13.9. The van der Waals surface area contributed by atoms with Crippen molar-refractivity contribution in [2.24, 2.45) is 5.92 Å². The van der Waals surface area contributed by atoms with E-state index in [4.69, 9.17) is 4.74 Å². The van der Waals surface area contributed by atoms with Crippen LogP contribution in [0.4, 0.5) is 4.39 Å². The second kappa shape index (κ2) is 5.05. The molecule has 17 heavy (non-hydrogen) atoms. The Morgan fingerprint density at radius 2 is 2.24 bits per heavy atom. The number of ether oxygens (including phenoxy) is 1. The lowest BCUT2D eigenvalue weighted by molar-refractivity contribution is 0.179. The first-order chi connectivity index (χ1) is 8.19. The Hall–Kier alpha value is -1.09. The van der Waals surface area contributed by atoms with Gasteiger partial charge in [-0.15, -0.1) is 0 Å². The molecule has 3 heteroatoms. The highest BCUT2D eigenvalue weighted by Gasteiger charge is 2.40. The highest BCUT2D eigenvalue weighted by molar-refractivity contribution is 5.39. The summed E-state index contributed by atoms with van der Waals surface area (Å²) >= 11 is 0. The molecule has 1 aromatic carbocycles. The van der Waals surface area contributed by atoms with Crippen LogP contribution in [-0.4, -0.2) is 19.7 Å². The van der Waals surface area contributed by atoms with Crippen LogP contribution in [-0.2, 0) is 0 Å². The third-order valence-corrected chi connectivity index (χ3v) is 3.85. The molecule has 3 atom stereocenters. The van der Waals surface area contributed by atoms with Crippen LogP contribution in [0.15, 0.2) is 18.2 Å². The van der Waals surface area contributed by atoms with Crippen LogP contribution in [0.25, 0.3) is 0 Å². The molecular weight excluding hydrogens is 217 g/mol. The molecule has 1 fully saturated rings. The van der Waals surface area contributed by atoms with Gasteiger partial charge in [-0.3, -0.25) is 0 Å². The topological polar surface area (TPSA) is 21.3 Å². The molecule has 1 aromatic rings. The molecule has 2 rings (SSSR count). The molecule has 0 aromatic heterocycles. The van der Waals surface area contributed by atoms with Crippen molar-refractivity contribution in [3.63, 3.8) is 0 Å². The lowest BCUT2D eigenvalue weighted by Crippen LogP contribution is -2.48. The van der Waals surface area contributed by atoms with Crippen molar-refractivity contribution in [1.29, 1.82) is 0 Å². The molecule has 3 unspecified atom stereocenters. The fourth-order valence-electron chi connectivity index (χ4n) is 2.75. The average Bonchev–Trinajstić information content (AvgIpc) is 2.34. The first-order valence-corrected chi connectivity index (χ1v) is 6.24. The van der Waals surface area contributed by atoms with Crippen molar-refractivity contribution in [3.05, 3.63) is 29.6 Å². The maximum absolute atomic E-state index is 13.9. The number of hydrogen-bond donors (Lipinski definition) is 1. The molecule has 1 N–H and O–H groups in total. The van der Waals surface area contributed by atoms with E-state index >= 15 is 0 Å². The number of benzene rings is 1. The Morgan fingerprint density at radius 3 is 2.82 bits per heavy atom. The fourth-order valence-corrected chi connectivity index (χ4v) is 2.75. The van der Waals surface area contributed by atoms with Gasteiger partial charge in [0.05, 0.1) is 7.11 Å². The molecule has 94 valence electrons. The molecule has 0 amide bonds. The quantitative estimate of drug-likeness (QED) is 0.869. The van der Waals surface area contributed by atoms with Gasteiger partial charge in [0.15, 0.2) is 0 Å². The van der Waals surface area contributed by atoms with Gasteiger partial charge in [-0.1, -0.05) is 19.9 Å². The largest absolute Gasteiger partial charge is 0.496 e. The highest BCUT2D eigenvalue weighted by atomic mass is 19.1. The van der Waals surface area contributed by atoms with Crippen LogP contribution in [0.5, 0.6) is 5.75 Å². The minimum absolute atomic E-state index is 0.142. The summed E-state index contributed by atoms with van der Waals surface area (Å²) in [5, 5.41) is 3.43. The van der Waals surface area contributed by atoms with Gasteiger partial charge < -0.3 is 10.1 Å². The maximum Gasteiger partial charge on any atom is 0.130 e. The molecule has 0 radical (unpaired) electrons. The zero-order valence-electron chi connectivity index (χ0n) is 10.7. The smallest absolute Gasteiger partial charge is 0.130 e. The van der Waals surface area contributed by atoms with Crippen LogP contribution in [0.2, 0.25) is 0 Å². The summed E-state index contributed by atoms with van der Waals surface area (Å²) < 4.78 is 19.2. The van der Waals surface area contributed by atoms with Gasteiger partial charge in [-0.05, 0) is 36.9 Å². The minimum Gasteiger partial charge on any atom is -0.496 e. The monoisotopic (exact) mass is 237 g/mol. The van der Waals surface area contributed by atoms with Crippen molar-refractivity contribution >= 4 is 0 Å². The Kier molecular flexibility index (Phi) is 3.67. The number of hydrogen-bond acceptors (Lipinski definition) is 2. The SMILES string of the molecule is CCNC1CC(c2c(F)cccc2OC)C1C. The van der Waals surface area contributed by atoms with E-state index in [0.29, 0.717) is 17.7 Å². The molecule has 0 heterocycles. The Morgan fingerprint density at radius 1 is 1.47 bits per heavy atom. The van der Waals surface area contributed by atoms with Gasteiger partial charge in [0.25, 0.3) is 0 Å². The molecule has 0 aliphatic heterocycles. The van der Waals surface area contributed by atoms with Crippen molar-refractivity contribution in [2.75, 3.05) is 13.7 Å². The molecular formula is C14H20FNO. The second-order valence-corrected chi connectivity index (χ2v) is 4.72. The summed E-state index contributed by atoms with van der Waals surface area (Å²) in [7, 11) is 1.60. The Balaban J connectivity index is 2.19. The molecule has 0 bridgehead atoms. The summed E-state index contributed by atoms with van der Waals surface area (Å²) in [5.74, 6) is 1.27. The van der Waals surface area contributed by atoms with Crippen LogP contribution in [0.3, 0.4) is 0 Å².